The Morgan fingerprint density at radius 3 is 2.67 bits per heavy atom. The van der Waals surface area contributed by atoms with Crippen molar-refractivity contribution in [3.8, 4) is 5.75 Å². The van der Waals surface area contributed by atoms with E-state index in [9.17, 15) is 0 Å². The third-order valence-electron chi connectivity index (χ3n) is 4.95. The summed E-state index contributed by atoms with van der Waals surface area (Å²) in [4.78, 5) is 0. The molecule has 1 unspecified atom stereocenters. The molecular formula is C20H30O4. The van der Waals surface area contributed by atoms with E-state index in [-0.39, 0.29) is 6.10 Å². The van der Waals surface area contributed by atoms with Gasteiger partial charge in [0.05, 0.1) is 25.4 Å². The summed E-state index contributed by atoms with van der Waals surface area (Å²) in [5.41, 5.74) is 3.72. The van der Waals surface area contributed by atoms with Crippen LogP contribution >= 0.6 is 0 Å². The molecule has 0 radical (unpaired) electrons. The quantitative estimate of drug-likeness (QED) is 0.792. The molecule has 1 fully saturated rings. The summed E-state index contributed by atoms with van der Waals surface area (Å²) in [6.07, 6.45) is 4.20. The number of hydrogen-bond acceptors (Lipinski definition) is 4. The van der Waals surface area contributed by atoms with Crippen LogP contribution in [0.25, 0.3) is 0 Å². The molecule has 0 spiro atoms. The first-order valence-corrected chi connectivity index (χ1v) is 9.12. The summed E-state index contributed by atoms with van der Waals surface area (Å²) in [6.45, 7) is 8.59. The standard InChI is InChI=1S/C20H30O4/c1-14(2)6-7-15-8-9-18(20(3)22-10-5-11-23-20)19-17(15)12-16(24-19)13-21-4/h8-9,14,16H,5-7,10-13H2,1-4H3. The Bertz CT molecular complexity index is 561. The summed E-state index contributed by atoms with van der Waals surface area (Å²) in [5, 5.41) is 0. The largest absolute Gasteiger partial charge is 0.487 e. The van der Waals surface area contributed by atoms with Crippen LogP contribution in [0.1, 0.15) is 50.3 Å². The van der Waals surface area contributed by atoms with Crippen LogP contribution in [0.4, 0.5) is 0 Å². The van der Waals surface area contributed by atoms with Gasteiger partial charge in [-0.15, -0.1) is 0 Å². The molecule has 1 aromatic rings. The Morgan fingerprint density at radius 1 is 1.25 bits per heavy atom. The number of rotatable bonds is 6. The van der Waals surface area contributed by atoms with Gasteiger partial charge in [0.1, 0.15) is 11.9 Å². The van der Waals surface area contributed by atoms with Crippen LogP contribution < -0.4 is 4.74 Å². The molecular weight excluding hydrogens is 304 g/mol. The van der Waals surface area contributed by atoms with Gasteiger partial charge in [0, 0.05) is 19.1 Å². The zero-order valence-electron chi connectivity index (χ0n) is 15.4. The summed E-state index contributed by atoms with van der Waals surface area (Å²) in [7, 11) is 1.72. The smallest absolute Gasteiger partial charge is 0.195 e. The molecule has 0 aliphatic carbocycles. The molecule has 1 saturated heterocycles. The fraction of sp³-hybridized carbons (Fsp3) is 0.700. The summed E-state index contributed by atoms with van der Waals surface area (Å²) in [6, 6.07) is 4.37. The van der Waals surface area contributed by atoms with Gasteiger partial charge in [-0.2, -0.15) is 0 Å². The fourth-order valence-electron chi connectivity index (χ4n) is 3.57. The maximum absolute atomic E-state index is 6.26. The Balaban J connectivity index is 1.93. The Kier molecular flexibility index (Phi) is 5.48. The number of aryl methyl sites for hydroxylation is 1. The maximum Gasteiger partial charge on any atom is 0.195 e. The van der Waals surface area contributed by atoms with Gasteiger partial charge in [0.15, 0.2) is 5.79 Å². The van der Waals surface area contributed by atoms with E-state index < -0.39 is 5.79 Å². The number of benzene rings is 1. The van der Waals surface area contributed by atoms with E-state index in [2.05, 4.69) is 26.0 Å². The molecule has 3 rings (SSSR count). The minimum Gasteiger partial charge on any atom is -0.487 e. The highest BCUT2D eigenvalue weighted by Gasteiger charge is 2.38. The lowest BCUT2D eigenvalue weighted by atomic mass is 9.92. The Labute approximate surface area is 145 Å². The van der Waals surface area contributed by atoms with Gasteiger partial charge in [-0.05, 0) is 43.7 Å². The molecule has 0 aromatic heterocycles. The first-order chi connectivity index (χ1) is 11.5. The van der Waals surface area contributed by atoms with Crippen LogP contribution in [0.5, 0.6) is 5.75 Å². The number of fused-ring (bicyclic) bond motifs is 1. The van der Waals surface area contributed by atoms with Crippen molar-refractivity contribution >= 4 is 0 Å². The predicted molar refractivity (Wildman–Crippen MR) is 93.5 cm³/mol. The number of methoxy groups -OCH3 is 1. The van der Waals surface area contributed by atoms with Gasteiger partial charge in [-0.25, -0.2) is 0 Å². The summed E-state index contributed by atoms with van der Waals surface area (Å²) >= 11 is 0. The Morgan fingerprint density at radius 2 is 2.00 bits per heavy atom. The van der Waals surface area contributed by atoms with Crippen LogP contribution in [0.15, 0.2) is 12.1 Å². The second kappa shape index (κ2) is 7.42. The van der Waals surface area contributed by atoms with Crippen LogP contribution in [-0.4, -0.2) is 33.0 Å². The number of ether oxygens (including phenoxy) is 4. The lowest BCUT2D eigenvalue weighted by Crippen LogP contribution is -2.35. The van der Waals surface area contributed by atoms with Crippen molar-refractivity contribution in [3.05, 3.63) is 28.8 Å². The van der Waals surface area contributed by atoms with E-state index in [1.807, 2.05) is 6.92 Å². The van der Waals surface area contributed by atoms with E-state index in [1.54, 1.807) is 7.11 Å². The molecule has 2 aliphatic heterocycles. The maximum atomic E-state index is 6.26. The van der Waals surface area contributed by atoms with Crippen molar-refractivity contribution < 1.29 is 18.9 Å². The minimum absolute atomic E-state index is 0.0798. The first-order valence-electron chi connectivity index (χ1n) is 9.12. The van der Waals surface area contributed by atoms with Gasteiger partial charge in [-0.3, -0.25) is 0 Å². The van der Waals surface area contributed by atoms with Gasteiger partial charge >= 0.3 is 0 Å². The lowest BCUT2D eigenvalue weighted by Gasteiger charge is -2.35. The highest BCUT2D eigenvalue weighted by molar-refractivity contribution is 5.51. The average Bonchev–Trinajstić information content (AvgIpc) is 2.97. The van der Waals surface area contributed by atoms with E-state index in [0.29, 0.717) is 12.5 Å². The summed E-state index contributed by atoms with van der Waals surface area (Å²) in [5.74, 6) is 0.948. The molecule has 134 valence electrons. The zero-order valence-corrected chi connectivity index (χ0v) is 15.4. The van der Waals surface area contributed by atoms with Crippen LogP contribution in [0.2, 0.25) is 0 Å². The van der Waals surface area contributed by atoms with Crippen molar-refractivity contribution in [1.82, 2.24) is 0 Å². The molecule has 2 aliphatic rings. The van der Waals surface area contributed by atoms with Gasteiger partial charge < -0.3 is 18.9 Å². The van der Waals surface area contributed by atoms with Crippen molar-refractivity contribution in [2.24, 2.45) is 5.92 Å². The third kappa shape index (κ3) is 3.61. The van der Waals surface area contributed by atoms with Crippen molar-refractivity contribution in [1.29, 1.82) is 0 Å². The normalized spacial score (nSPS) is 22.5. The van der Waals surface area contributed by atoms with E-state index >= 15 is 0 Å². The SMILES string of the molecule is COCC1Cc2c(CCC(C)C)ccc(C3(C)OCCCO3)c2O1. The van der Waals surface area contributed by atoms with Crippen LogP contribution in [0.3, 0.4) is 0 Å². The molecule has 1 aromatic carbocycles. The molecule has 24 heavy (non-hydrogen) atoms. The van der Waals surface area contributed by atoms with E-state index in [4.69, 9.17) is 18.9 Å². The second-order valence-electron chi connectivity index (χ2n) is 7.41. The van der Waals surface area contributed by atoms with Crippen LogP contribution in [-0.2, 0) is 32.8 Å². The van der Waals surface area contributed by atoms with E-state index in [1.165, 1.54) is 17.5 Å². The highest BCUT2D eigenvalue weighted by Crippen LogP contribution is 2.43. The molecule has 0 N–H and O–H groups in total. The lowest BCUT2D eigenvalue weighted by molar-refractivity contribution is -0.265. The first kappa shape index (κ1) is 17.7. The molecule has 0 bridgehead atoms. The van der Waals surface area contributed by atoms with Gasteiger partial charge in [-0.1, -0.05) is 19.9 Å². The summed E-state index contributed by atoms with van der Waals surface area (Å²) < 4.78 is 23.5. The fourth-order valence-corrected chi connectivity index (χ4v) is 3.57. The highest BCUT2D eigenvalue weighted by atomic mass is 16.7. The van der Waals surface area contributed by atoms with Crippen molar-refractivity contribution in [2.45, 2.75) is 58.3 Å². The monoisotopic (exact) mass is 334 g/mol. The molecule has 1 atom stereocenters. The predicted octanol–water partition coefficient (Wildman–Crippen LogP) is 3.83. The second-order valence-corrected chi connectivity index (χ2v) is 7.41. The van der Waals surface area contributed by atoms with Crippen molar-refractivity contribution in [3.63, 3.8) is 0 Å². The van der Waals surface area contributed by atoms with Crippen LogP contribution in [0, 0.1) is 5.92 Å². The van der Waals surface area contributed by atoms with E-state index in [0.717, 1.165) is 43.8 Å². The zero-order chi connectivity index (χ0) is 17.2. The molecule has 4 heteroatoms. The third-order valence-corrected chi connectivity index (χ3v) is 4.95. The molecule has 2 heterocycles. The molecule has 0 saturated carbocycles. The minimum atomic E-state index is -0.707. The van der Waals surface area contributed by atoms with Crippen molar-refractivity contribution in [2.75, 3.05) is 26.9 Å². The number of hydrogen-bond donors (Lipinski definition) is 0. The topological polar surface area (TPSA) is 36.9 Å². The Hall–Kier alpha value is -1.10. The molecule has 4 nitrogen and oxygen atoms in total. The van der Waals surface area contributed by atoms with Gasteiger partial charge in [0.25, 0.3) is 0 Å². The molecule has 0 amide bonds. The average molecular weight is 334 g/mol. The van der Waals surface area contributed by atoms with Gasteiger partial charge in [0.2, 0.25) is 0 Å².